The second-order valence-corrected chi connectivity index (χ2v) is 23.3. The van der Waals surface area contributed by atoms with Gasteiger partial charge in [0.15, 0.2) is 0 Å². The van der Waals surface area contributed by atoms with E-state index in [-0.39, 0.29) is 53.5 Å². The third kappa shape index (κ3) is 9.93. The lowest BCUT2D eigenvalue weighted by atomic mass is 9.59. The maximum Gasteiger partial charge on any atom is 0.293 e. The van der Waals surface area contributed by atoms with E-state index in [1.807, 2.05) is 42.2 Å². The van der Waals surface area contributed by atoms with E-state index in [0.29, 0.717) is 74.6 Å². The third-order valence-electron chi connectivity index (χ3n) is 16.4. The Bertz CT molecular complexity index is 2980. The van der Waals surface area contributed by atoms with Crippen LogP contribution in [0.25, 0.3) is 11.0 Å². The van der Waals surface area contributed by atoms with Crippen molar-refractivity contribution in [3.8, 4) is 11.6 Å². The molecule has 4 N–H and O–H groups in total. The number of benzene rings is 3. The summed E-state index contributed by atoms with van der Waals surface area (Å²) in [5, 5.41) is 26.7. The number of aliphatic hydroxyl groups is 1. The fourth-order valence-electron chi connectivity index (χ4n) is 12.3. The van der Waals surface area contributed by atoms with Crippen LogP contribution in [0.3, 0.4) is 0 Å². The minimum Gasteiger partial charge on any atom is -0.491 e. The van der Waals surface area contributed by atoms with Crippen LogP contribution in [0.2, 0.25) is 0 Å². The van der Waals surface area contributed by atoms with Crippen molar-refractivity contribution in [2.45, 2.75) is 119 Å². The van der Waals surface area contributed by atoms with Crippen LogP contribution in [0.5, 0.6) is 11.6 Å². The summed E-state index contributed by atoms with van der Waals surface area (Å²) in [4.78, 5) is 41.1. The molecule has 6 heterocycles. The number of nitro groups is 1. The first-order valence-corrected chi connectivity index (χ1v) is 27.4. The Morgan fingerprint density at radius 1 is 0.959 bits per heavy atom. The fraction of sp³-hybridized carbons (Fsp3) is 0.519. The van der Waals surface area contributed by atoms with Crippen LogP contribution in [0.15, 0.2) is 83.9 Å². The summed E-state index contributed by atoms with van der Waals surface area (Å²) in [5.41, 5.74) is 3.12. The van der Waals surface area contributed by atoms with Crippen LogP contribution in [0, 0.1) is 21.4 Å². The summed E-state index contributed by atoms with van der Waals surface area (Å²) in [5.74, 6) is 0.600. The van der Waals surface area contributed by atoms with Crippen LogP contribution < -0.4 is 29.3 Å². The molecule has 2 saturated carbocycles. The van der Waals surface area contributed by atoms with Gasteiger partial charge >= 0.3 is 0 Å². The molecule has 11 rings (SSSR count). The molecule has 3 saturated heterocycles. The smallest absolute Gasteiger partial charge is 0.293 e. The monoisotopic (exact) mass is 1020 g/mol. The zero-order chi connectivity index (χ0) is 50.6. The van der Waals surface area contributed by atoms with Crippen LogP contribution in [-0.2, 0) is 19.5 Å². The number of nitrogens with zero attached hydrogens (tertiary/aromatic N) is 5. The molecule has 18 nitrogen and oxygen atoms in total. The molecule has 0 radical (unpaired) electrons. The van der Waals surface area contributed by atoms with Gasteiger partial charge in [0.25, 0.3) is 21.6 Å². The topological polar surface area (TPSA) is 214 Å². The Hall–Kier alpha value is -5.99. The quantitative estimate of drug-likeness (QED) is 0.0646. The normalized spacial score (nSPS) is 25.4. The highest BCUT2D eigenvalue weighted by atomic mass is 32.2. The molecular formula is C54H66N8O10S. The highest BCUT2D eigenvalue weighted by molar-refractivity contribution is 7.90. The molecule has 2 aliphatic carbocycles. The number of ether oxygens (including phenoxy) is 4. The van der Waals surface area contributed by atoms with E-state index in [2.05, 4.69) is 56.9 Å². The second kappa shape index (κ2) is 19.7. The number of nitrogens with one attached hydrogen (secondary N) is 3. The number of amides is 1. The number of rotatable bonds is 13. The summed E-state index contributed by atoms with van der Waals surface area (Å²) in [6.07, 6.45) is 9.09. The van der Waals surface area contributed by atoms with Crippen molar-refractivity contribution < 1.29 is 42.2 Å². The molecule has 2 aromatic heterocycles. The van der Waals surface area contributed by atoms with Crippen molar-refractivity contribution in [3.63, 3.8) is 0 Å². The summed E-state index contributed by atoms with van der Waals surface area (Å²) < 4.78 is 55.6. The van der Waals surface area contributed by atoms with Crippen LogP contribution in [-0.4, -0.2) is 122 Å². The van der Waals surface area contributed by atoms with Crippen LogP contribution in [0.1, 0.15) is 101 Å². The highest BCUT2D eigenvalue weighted by Crippen LogP contribution is 2.54. The van der Waals surface area contributed by atoms with Gasteiger partial charge in [-0.2, -0.15) is 4.98 Å². The number of aromatic nitrogens is 2. The number of hydrogen-bond acceptors (Lipinski definition) is 15. The van der Waals surface area contributed by atoms with Crippen LogP contribution in [0.4, 0.5) is 28.4 Å². The highest BCUT2D eigenvalue weighted by Gasteiger charge is 2.50. The number of hydrogen-bond donors (Lipinski definition) is 4. The molecule has 5 aromatic rings. The second-order valence-electron chi connectivity index (χ2n) is 21.7. The summed E-state index contributed by atoms with van der Waals surface area (Å²) in [7, 11) is -4.63. The minimum atomic E-state index is -4.63. The first-order valence-electron chi connectivity index (χ1n) is 25.9. The van der Waals surface area contributed by atoms with Gasteiger partial charge in [-0.1, -0.05) is 18.2 Å². The van der Waals surface area contributed by atoms with Crippen molar-refractivity contribution in [3.05, 3.63) is 100 Å². The Morgan fingerprint density at radius 3 is 2.52 bits per heavy atom. The molecular weight excluding hydrogens is 953 g/mol. The molecule has 6 aliphatic rings. The fourth-order valence-corrected chi connectivity index (χ4v) is 13.3. The van der Waals surface area contributed by atoms with Gasteiger partial charge in [-0.15, -0.1) is 0 Å². The molecule has 1 spiro atoms. The van der Waals surface area contributed by atoms with E-state index in [1.54, 1.807) is 12.3 Å². The van der Waals surface area contributed by atoms with Crippen molar-refractivity contribution in [1.82, 2.24) is 19.6 Å². The Labute approximate surface area is 425 Å². The number of carbonyl (C=O) groups excluding carboxylic acids is 1. The molecule has 5 fully saturated rings. The molecule has 19 heteroatoms. The van der Waals surface area contributed by atoms with E-state index in [1.165, 1.54) is 17.7 Å². The number of morpholine rings is 1. The molecule has 0 bridgehead atoms. The summed E-state index contributed by atoms with van der Waals surface area (Å²) >= 11 is 0. The summed E-state index contributed by atoms with van der Waals surface area (Å²) in [6.45, 7) is 10.9. The number of piperidine rings is 1. The zero-order valence-electron chi connectivity index (χ0n) is 41.8. The van der Waals surface area contributed by atoms with E-state index in [4.69, 9.17) is 23.9 Å². The van der Waals surface area contributed by atoms with Crippen molar-refractivity contribution in [2.24, 2.45) is 11.3 Å². The molecule has 388 valence electrons. The Morgan fingerprint density at radius 2 is 1.74 bits per heavy atom. The van der Waals surface area contributed by atoms with Gasteiger partial charge in [0, 0.05) is 67.5 Å². The standard InChI is InChI=1S/C54H66N8O10S/c1-34(2)71-48-7-5-4-6-40(48)46-32-70-25-23-60(46)38-29-54(30-38)18-21-59(22-19-54)37-8-10-41(43(27-37)61-45-26-36-14-20-55-50(36)57-52(45)72-49-15-24-69-33-47(49)61)51(63)58-73(67,68)39-9-11-42(44(28-39)62(65)66)56-31-35-12-16-53(3,64)17-13-35/h4-11,14,20,26-28,34-35,38,46-47,49,56,64H,12-13,15-19,21-25,29-33H2,1-3H3,(H,55,57)(H,58,63)/t35?,46-,47+,49+,53?/m0/s1. The largest absolute Gasteiger partial charge is 0.491 e. The van der Waals surface area contributed by atoms with Gasteiger partial charge in [-0.05, 0) is 132 Å². The SMILES string of the molecule is CC(C)Oc1ccccc1[C@@H]1COCCN1C1CC2(CCN(c3ccc(C(=O)NS(=O)(=O)c4ccc(NCC5CCC(C)(O)CC5)c([N+](=O)[O-])c4)c(N4c5cc6cc[nH]c6nc5O[C@@H]5CCOC[C@H]54)c3)CC2)C1. The lowest BCUT2D eigenvalue weighted by Gasteiger charge is -2.57. The summed E-state index contributed by atoms with van der Waals surface area (Å²) in [6, 6.07) is 21.5. The number of sulfonamides is 1. The van der Waals surface area contributed by atoms with Crippen LogP contribution >= 0.6 is 0 Å². The van der Waals surface area contributed by atoms with Gasteiger partial charge in [0.1, 0.15) is 28.9 Å². The van der Waals surface area contributed by atoms with Gasteiger partial charge in [-0.25, -0.2) is 13.1 Å². The van der Waals surface area contributed by atoms with Crippen molar-refractivity contribution >= 4 is 55.4 Å². The number of nitro benzene ring substituents is 1. The van der Waals surface area contributed by atoms with Gasteiger partial charge < -0.3 is 44.2 Å². The number of aromatic amines is 1. The van der Waals surface area contributed by atoms with Crippen molar-refractivity contribution in [2.75, 3.05) is 67.7 Å². The van der Waals surface area contributed by atoms with Crippen molar-refractivity contribution in [1.29, 1.82) is 0 Å². The number of H-pyrrole nitrogens is 1. The lowest BCUT2D eigenvalue weighted by Crippen LogP contribution is -2.57. The average molecular weight is 1020 g/mol. The van der Waals surface area contributed by atoms with Gasteiger partial charge in [-0.3, -0.25) is 19.8 Å². The number of para-hydroxylation sites is 1. The maximum absolute atomic E-state index is 14.7. The lowest BCUT2D eigenvalue weighted by molar-refractivity contribution is -0.384. The Kier molecular flexibility index (Phi) is 13.3. The van der Waals surface area contributed by atoms with Gasteiger partial charge in [0.2, 0.25) is 5.88 Å². The zero-order valence-corrected chi connectivity index (χ0v) is 42.6. The number of fused-ring (bicyclic) bond motifs is 3. The first kappa shape index (κ1) is 49.2. The third-order valence-corrected chi connectivity index (χ3v) is 17.7. The molecule has 73 heavy (non-hydrogen) atoms. The molecule has 0 unspecified atom stereocenters. The van der Waals surface area contributed by atoms with Gasteiger partial charge in [0.05, 0.1) is 71.3 Å². The minimum absolute atomic E-state index is 0.0658. The predicted molar refractivity (Wildman–Crippen MR) is 277 cm³/mol. The molecule has 3 atom stereocenters. The Balaban J connectivity index is 0.859. The predicted octanol–water partition coefficient (Wildman–Crippen LogP) is 8.24. The van der Waals surface area contributed by atoms with E-state index < -0.39 is 37.0 Å². The number of anilines is 4. The van der Waals surface area contributed by atoms with E-state index in [0.717, 1.165) is 81.0 Å². The maximum atomic E-state index is 14.7. The van der Waals surface area contributed by atoms with E-state index >= 15 is 0 Å². The first-order chi connectivity index (χ1) is 35.1. The number of pyridine rings is 1. The molecule has 3 aromatic carbocycles. The molecule has 4 aliphatic heterocycles. The molecule has 1 amide bonds. The number of carbonyl (C=O) groups is 1. The average Bonchev–Trinajstić information content (AvgIpc) is 3.83. The van der Waals surface area contributed by atoms with E-state index in [9.17, 15) is 28.4 Å².